The molecule has 5 nitrogen and oxygen atoms in total. The normalized spacial score (nSPS) is 10.0. The van der Waals surface area contributed by atoms with E-state index in [1.165, 1.54) is 14.2 Å². The van der Waals surface area contributed by atoms with Crippen LogP contribution in [0.3, 0.4) is 0 Å². The standard InChI is InChI=1S/C7H9NO4S/c1-11-3-4-5(6(9)10)13-7(8-4)12-2/h3H2,1-2H3,(H,9,10). The second kappa shape index (κ2) is 4.20. The number of hydrogen-bond acceptors (Lipinski definition) is 5. The molecule has 0 aliphatic heterocycles. The fraction of sp³-hybridized carbons (Fsp3) is 0.429. The van der Waals surface area contributed by atoms with Crippen molar-refractivity contribution in [3.05, 3.63) is 10.6 Å². The number of nitrogens with zero attached hydrogens (tertiary/aromatic N) is 1. The number of ether oxygens (including phenoxy) is 2. The minimum absolute atomic E-state index is 0.165. The highest BCUT2D eigenvalue weighted by molar-refractivity contribution is 7.15. The maximum atomic E-state index is 10.7. The zero-order chi connectivity index (χ0) is 9.84. The molecular weight excluding hydrogens is 194 g/mol. The Balaban J connectivity index is 3.00. The molecule has 0 radical (unpaired) electrons. The monoisotopic (exact) mass is 203 g/mol. The molecule has 1 rings (SSSR count). The molecule has 0 aromatic carbocycles. The van der Waals surface area contributed by atoms with Gasteiger partial charge in [0.05, 0.1) is 19.4 Å². The van der Waals surface area contributed by atoms with Crippen LogP contribution in [0.1, 0.15) is 15.4 Å². The maximum absolute atomic E-state index is 10.7. The lowest BCUT2D eigenvalue weighted by Gasteiger charge is -1.94. The number of thiazole rings is 1. The van der Waals surface area contributed by atoms with Crippen LogP contribution in [-0.4, -0.2) is 30.3 Å². The van der Waals surface area contributed by atoms with E-state index in [0.717, 1.165) is 11.3 Å². The molecule has 1 heterocycles. The summed E-state index contributed by atoms with van der Waals surface area (Å²) in [5.74, 6) is -1.01. The first-order chi connectivity index (χ1) is 6.19. The van der Waals surface area contributed by atoms with Crippen LogP contribution in [-0.2, 0) is 11.3 Å². The number of rotatable bonds is 4. The lowest BCUT2D eigenvalue weighted by molar-refractivity contribution is 0.0697. The van der Waals surface area contributed by atoms with Gasteiger partial charge in [-0.25, -0.2) is 9.78 Å². The van der Waals surface area contributed by atoms with E-state index in [0.29, 0.717) is 10.9 Å². The zero-order valence-electron chi connectivity index (χ0n) is 7.23. The minimum Gasteiger partial charge on any atom is -0.477 e. The van der Waals surface area contributed by atoms with Crippen molar-refractivity contribution in [2.45, 2.75) is 6.61 Å². The first-order valence-electron chi connectivity index (χ1n) is 3.45. The molecule has 1 N–H and O–H groups in total. The summed E-state index contributed by atoms with van der Waals surface area (Å²) < 4.78 is 9.62. The quantitative estimate of drug-likeness (QED) is 0.790. The molecule has 0 aliphatic carbocycles. The van der Waals surface area contributed by atoms with Gasteiger partial charge >= 0.3 is 5.97 Å². The Kier molecular flexibility index (Phi) is 3.21. The van der Waals surface area contributed by atoms with Crippen LogP contribution < -0.4 is 4.74 Å². The number of carbonyl (C=O) groups is 1. The Morgan fingerprint density at radius 2 is 2.31 bits per heavy atom. The average molecular weight is 203 g/mol. The molecule has 0 unspecified atom stereocenters. The van der Waals surface area contributed by atoms with Gasteiger partial charge in [-0.15, -0.1) is 0 Å². The highest BCUT2D eigenvalue weighted by Crippen LogP contribution is 2.25. The molecule has 0 spiro atoms. The summed E-state index contributed by atoms with van der Waals surface area (Å²) in [7, 11) is 2.93. The predicted octanol–water partition coefficient (Wildman–Crippen LogP) is 0.996. The van der Waals surface area contributed by atoms with Gasteiger partial charge in [-0.2, -0.15) is 0 Å². The third kappa shape index (κ3) is 2.16. The van der Waals surface area contributed by atoms with Crippen LogP contribution in [0, 0.1) is 0 Å². The van der Waals surface area contributed by atoms with Gasteiger partial charge in [0.1, 0.15) is 4.88 Å². The molecule has 1 aromatic rings. The first-order valence-corrected chi connectivity index (χ1v) is 4.26. The van der Waals surface area contributed by atoms with Crippen molar-refractivity contribution in [2.24, 2.45) is 0 Å². The van der Waals surface area contributed by atoms with E-state index < -0.39 is 5.97 Å². The summed E-state index contributed by atoms with van der Waals surface area (Å²) in [6.45, 7) is 0.182. The van der Waals surface area contributed by atoms with Crippen molar-refractivity contribution >= 4 is 17.3 Å². The van der Waals surface area contributed by atoms with E-state index in [1.807, 2.05) is 0 Å². The van der Waals surface area contributed by atoms with Crippen LogP contribution in [0.15, 0.2) is 0 Å². The lowest BCUT2D eigenvalue weighted by Crippen LogP contribution is -1.99. The SMILES string of the molecule is COCc1nc(OC)sc1C(=O)O. The van der Waals surface area contributed by atoms with E-state index in [2.05, 4.69) is 4.98 Å². The summed E-state index contributed by atoms with van der Waals surface area (Å²) in [6.07, 6.45) is 0. The van der Waals surface area contributed by atoms with Crippen LogP contribution >= 0.6 is 11.3 Å². The number of hydrogen-bond donors (Lipinski definition) is 1. The third-order valence-corrected chi connectivity index (χ3v) is 2.37. The Labute approximate surface area is 78.9 Å². The van der Waals surface area contributed by atoms with Crippen LogP contribution in [0.2, 0.25) is 0 Å². The van der Waals surface area contributed by atoms with Crippen molar-refractivity contribution in [1.82, 2.24) is 4.98 Å². The fourth-order valence-corrected chi connectivity index (χ4v) is 1.54. The van der Waals surface area contributed by atoms with Crippen molar-refractivity contribution in [1.29, 1.82) is 0 Å². The molecule has 0 bridgehead atoms. The number of methoxy groups -OCH3 is 2. The first kappa shape index (κ1) is 9.94. The molecule has 0 atom stereocenters. The van der Waals surface area contributed by atoms with Crippen LogP contribution in [0.4, 0.5) is 0 Å². The molecule has 6 heteroatoms. The fourth-order valence-electron chi connectivity index (χ4n) is 0.819. The van der Waals surface area contributed by atoms with E-state index in [-0.39, 0.29) is 11.5 Å². The summed E-state index contributed by atoms with van der Waals surface area (Å²) in [6, 6.07) is 0. The van der Waals surface area contributed by atoms with Crippen LogP contribution in [0.5, 0.6) is 5.19 Å². The molecule has 0 amide bonds. The van der Waals surface area contributed by atoms with Gasteiger partial charge in [0, 0.05) is 7.11 Å². The molecule has 13 heavy (non-hydrogen) atoms. The summed E-state index contributed by atoms with van der Waals surface area (Å²) >= 11 is 0.995. The Morgan fingerprint density at radius 1 is 1.62 bits per heavy atom. The van der Waals surface area contributed by atoms with Crippen molar-refractivity contribution in [3.63, 3.8) is 0 Å². The molecule has 72 valence electrons. The topological polar surface area (TPSA) is 68.7 Å². The molecular formula is C7H9NO4S. The van der Waals surface area contributed by atoms with Crippen LogP contribution in [0.25, 0.3) is 0 Å². The minimum atomic E-state index is -1.01. The average Bonchev–Trinajstić information content (AvgIpc) is 2.48. The van der Waals surface area contributed by atoms with E-state index >= 15 is 0 Å². The summed E-state index contributed by atoms with van der Waals surface area (Å²) in [5, 5.41) is 9.10. The van der Waals surface area contributed by atoms with Gasteiger partial charge in [-0.3, -0.25) is 0 Å². The van der Waals surface area contributed by atoms with Crippen molar-refractivity contribution in [3.8, 4) is 5.19 Å². The van der Waals surface area contributed by atoms with Gasteiger partial charge in [-0.05, 0) is 0 Å². The Hall–Kier alpha value is -1.14. The zero-order valence-corrected chi connectivity index (χ0v) is 8.05. The van der Waals surface area contributed by atoms with Gasteiger partial charge in [0.2, 0.25) is 0 Å². The van der Waals surface area contributed by atoms with Gasteiger partial charge in [-0.1, -0.05) is 11.3 Å². The van der Waals surface area contributed by atoms with Crippen molar-refractivity contribution in [2.75, 3.05) is 14.2 Å². The van der Waals surface area contributed by atoms with Crippen molar-refractivity contribution < 1.29 is 19.4 Å². The van der Waals surface area contributed by atoms with Gasteiger partial charge < -0.3 is 14.6 Å². The number of aromatic carboxylic acids is 1. The largest absolute Gasteiger partial charge is 0.477 e. The lowest BCUT2D eigenvalue weighted by atomic mass is 10.4. The van der Waals surface area contributed by atoms with Gasteiger partial charge in [0.25, 0.3) is 5.19 Å². The molecule has 0 aliphatic rings. The summed E-state index contributed by atoms with van der Waals surface area (Å²) in [4.78, 5) is 14.8. The smallest absolute Gasteiger partial charge is 0.348 e. The molecule has 0 saturated carbocycles. The van der Waals surface area contributed by atoms with E-state index in [1.54, 1.807) is 0 Å². The number of carboxylic acids is 1. The van der Waals surface area contributed by atoms with E-state index in [4.69, 9.17) is 14.6 Å². The molecule has 1 aromatic heterocycles. The predicted molar refractivity (Wildman–Crippen MR) is 46.3 cm³/mol. The highest BCUT2D eigenvalue weighted by atomic mass is 32.1. The van der Waals surface area contributed by atoms with Gasteiger partial charge in [0.15, 0.2) is 0 Å². The Morgan fingerprint density at radius 3 is 2.77 bits per heavy atom. The summed E-state index contributed by atoms with van der Waals surface area (Å²) in [5.41, 5.74) is 0.400. The maximum Gasteiger partial charge on any atom is 0.348 e. The number of aromatic nitrogens is 1. The second-order valence-electron chi connectivity index (χ2n) is 2.20. The highest BCUT2D eigenvalue weighted by Gasteiger charge is 2.17. The van der Waals surface area contributed by atoms with E-state index in [9.17, 15) is 4.79 Å². The Bertz CT molecular complexity index is 309. The third-order valence-electron chi connectivity index (χ3n) is 1.33. The second-order valence-corrected chi connectivity index (χ2v) is 3.16. The number of carboxylic acid groups (broad SMARTS) is 1. The molecule has 0 saturated heterocycles. The molecule has 0 fully saturated rings.